The van der Waals surface area contributed by atoms with Crippen molar-refractivity contribution < 1.29 is 19.7 Å². The van der Waals surface area contributed by atoms with E-state index in [4.69, 9.17) is 15.6 Å². The van der Waals surface area contributed by atoms with E-state index in [0.29, 0.717) is 6.61 Å². The van der Waals surface area contributed by atoms with Gasteiger partial charge in [-0.05, 0) is 12.0 Å². The number of piperidine rings is 1. The van der Waals surface area contributed by atoms with E-state index in [-0.39, 0.29) is 26.1 Å². The highest BCUT2D eigenvalue weighted by Gasteiger charge is 2.42. The summed E-state index contributed by atoms with van der Waals surface area (Å²) in [5.41, 5.74) is 5.43. The molecule has 0 saturated carbocycles. The lowest BCUT2D eigenvalue weighted by Crippen LogP contribution is -2.60. The van der Waals surface area contributed by atoms with Gasteiger partial charge in [-0.1, -0.05) is 30.3 Å². The minimum absolute atomic E-state index is 0.0555. The van der Waals surface area contributed by atoms with Gasteiger partial charge in [-0.2, -0.15) is 0 Å². The number of nitrogens with two attached hydrogens (primary N) is 1. The molecular weight excluding hydrogens is 260 g/mol. The smallest absolute Gasteiger partial charge is 0.407 e. The Morgan fingerprint density at radius 2 is 2.15 bits per heavy atom. The summed E-state index contributed by atoms with van der Waals surface area (Å²) in [4.78, 5) is 12.3. The van der Waals surface area contributed by atoms with E-state index in [1.165, 1.54) is 4.90 Å². The first-order valence-corrected chi connectivity index (χ1v) is 6.61. The minimum Gasteiger partial charge on any atom is -0.465 e. The second-order valence-corrected chi connectivity index (χ2v) is 5.07. The van der Waals surface area contributed by atoms with Crippen LogP contribution < -0.4 is 5.73 Å². The molecule has 4 N–H and O–H groups in total. The maximum Gasteiger partial charge on any atom is 0.407 e. The molecule has 6 heteroatoms. The molecule has 1 fully saturated rings. The van der Waals surface area contributed by atoms with Crippen molar-refractivity contribution in [3.63, 3.8) is 0 Å². The predicted octanol–water partition coefficient (Wildman–Crippen LogP) is 0.645. The molecule has 1 aromatic rings. The fraction of sp³-hybridized carbons (Fsp3) is 0.500. The molecule has 1 heterocycles. The van der Waals surface area contributed by atoms with Crippen LogP contribution in [0.4, 0.5) is 4.79 Å². The topological polar surface area (TPSA) is 96.0 Å². The molecule has 1 aromatic carbocycles. The standard InChI is InChI=1S/C14H20N2O4/c15-10-14(19)6-7-16(13(17)18)8-12(14)20-9-11-4-2-1-3-5-11/h1-5,12,19H,6-10,15H2,(H,17,18). The van der Waals surface area contributed by atoms with Crippen LogP contribution in [-0.2, 0) is 11.3 Å². The Balaban J connectivity index is 2.02. The van der Waals surface area contributed by atoms with Gasteiger partial charge in [-0.25, -0.2) is 4.79 Å². The molecule has 2 rings (SSSR count). The van der Waals surface area contributed by atoms with Crippen molar-refractivity contribution in [2.24, 2.45) is 5.73 Å². The fourth-order valence-corrected chi connectivity index (χ4v) is 2.34. The van der Waals surface area contributed by atoms with E-state index in [1.807, 2.05) is 30.3 Å². The fourth-order valence-electron chi connectivity index (χ4n) is 2.34. The second kappa shape index (κ2) is 6.21. The molecule has 1 amide bonds. The molecule has 1 aliphatic heterocycles. The number of carbonyl (C=O) groups is 1. The van der Waals surface area contributed by atoms with E-state index in [9.17, 15) is 9.90 Å². The van der Waals surface area contributed by atoms with Crippen molar-refractivity contribution in [2.45, 2.75) is 24.7 Å². The van der Waals surface area contributed by atoms with E-state index in [0.717, 1.165) is 5.56 Å². The van der Waals surface area contributed by atoms with Crippen LogP contribution >= 0.6 is 0 Å². The molecule has 2 unspecified atom stereocenters. The van der Waals surface area contributed by atoms with E-state index < -0.39 is 17.8 Å². The largest absolute Gasteiger partial charge is 0.465 e. The van der Waals surface area contributed by atoms with Crippen molar-refractivity contribution in [3.05, 3.63) is 35.9 Å². The SMILES string of the molecule is NCC1(O)CCN(C(=O)O)CC1OCc1ccccc1. The molecule has 1 saturated heterocycles. The molecular formula is C14H20N2O4. The molecule has 0 aromatic heterocycles. The lowest BCUT2D eigenvalue weighted by atomic mass is 9.88. The van der Waals surface area contributed by atoms with Gasteiger partial charge in [0, 0.05) is 13.1 Å². The molecule has 110 valence electrons. The number of ether oxygens (including phenoxy) is 1. The summed E-state index contributed by atoms with van der Waals surface area (Å²) in [6.45, 7) is 0.783. The van der Waals surface area contributed by atoms with Crippen LogP contribution in [0.15, 0.2) is 30.3 Å². The average Bonchev–Trinajstić information content (AvgIpc) is 2.47. The monoisotopic (exact) mass is 280 g/mol. The lowest BCUT2D eigenvalue weighted by Gasteiger charge is -2.42. The highest BCUT2D eigenvalue weighted by atomic mass is 16.5. The first kappa shape index (κ1) is 14.8. The summed E-state index contributed by atoms with van der Waals surface area (Å²) in [7, 11) is 0. The van der Waals surface area contributed by atoms with Crippen molar-refractivity contribution in [3.8, 4) is 0 Å². The molecule has 1 aliphatic rings. The predicted molar refractivity (Wildman–Crippen MR) is 73.2 cm³/mol. The first-order valence-electron chi connectivity index (χ1n) is 6.61. The van der Waals surface area contributed by atoms with Crippen LogP contribution in [0.2, 0.25) is 0 Å². The van der Waals surface area contributed by atoms with Gasteiger partial charge >= 0.3 is 6.09 Å². The highest BCUT2D eigenvalue weighted by Crippen LogP contribution is 2.25. The highest BCUT2D eigenvalue weighted by molar-refractivity contribution is 5.65. The third kappa shape index (κ3) is 3.27. The summed E-state index contributed by atoms with van der Waals surface area (Å²) in [5.74, 6) is 0. The molecule has 0 spiro atoms. The van der Waals surface area contributed by atoms with Crippen LogP contribution in [0.3, 0.4) is 0 Å². The number of carboxylic acid groups (broad SMARTS) is 1. The van der Waals surface area contributed by atoms with Crippen LogP contribution in [-0.4, -0.2) is 52.5 Å². The van der Waals surface area contributed by atoms with E-state index in [1.54, 1.807) is 0 Å². The summed E-state index contributed by atoms with van der Waals surface area (Å²) in [5, 5.41) is 19.5. The zero-order valence-electron chi connectivity index (χ0n) is 11.2. The summed E-state index contributed by atoms with van der Waals surface area (Å²) < 4.78 is 5.72. The van der Waals surface area contributed by atoms with Gasteiger partial charge in [0.15, 0.2) is 0 Å². The number of amides is 1. The normalized spacial score (nSPS) is 26.5. The molecule has 0 aliphatic carbocycles. The Bertz CT molecular complexity index is 454. The van der Waals surface area contributed by atoms with Gasteiger partial charge in [0.1, 0.15) is 11.7 Å². The van der Waals surface area contributed by atoms with Crippen molar-refractivity contribution in [2.75, 3.05) is 19.6 Å². The number of benzene rings is 1. The Morgan fingerprint density at radius 3 is 2.75 bits per heavy atom. The van der Waals surface area contributed by atoms with Crippen LogP contribution in [0.5, 0.6) is 0 Å². The quantitative estimate of drug-likeness (QED) is 0.752. The number of likely N-dealkylation sites (tertiary alicyclic amines) is 1. The Hall–Kier alpha value is -1.63. The second-order valence-electron chi connectivity index (χ2n) is 5.07. The van der Waals surface area contributed by atoms with Gasteiger partial charge in [0.25, 0.3) is 0 Å². The van der Waals surface area contributed by atoms with Crippen molar-refractivity contribution in [1.29, 1.82) is 0 Å². The molecule has 20 heavy (non-hydrogen) atoms. The van der Waals surface area contributed by atoms with Gasteiger partial charge < -0.3 is 25.6 Å². The summed E-state index contributed by atoms with van der Waals surface area (Å²) >= 11 is 0. The van der Waals surface area contributed by atoms with Crippen LogP contribution in [0.25, 0.3) is 0 Å². The van der Waals surface area contributed by atoms with Crippen LogP contribution in [0, 0.1) is 0 Å². The van der Waals surface area contributed by atoms with Gasteiger partial charge in [0.2, 0.25) is 0 Å². The maximum atomic E-state index is 11.0. The molecule has 2 atom stereocenters. The number of nitrogens with zero attached hydrogens (tertiary/aromatic N) is 1. The summed E-state index contributed by atoms with van der Waals surface area (Å²) in [6, 6.07) is 9.54. The lowest BCUT2D eigenvalue weighted by molar-refractivity contribution is -0.141. The number of rotatable bonds is 4. The third-order valence-corrected chi connectivity index (χ3v) is 3.72. The average molecular weight is 280 g/mol. The van der Waals surface area contributed by atoms with Gasteiger partial charge in [0.05, 0.1) is 13.2 Å². The number of hydrogen-bond donors (Lipinski definition) is 3. The first-order chi connectivity index (χ1) is 9.55. The Kier molecular flexibility index (Phi) is 4.59. The van der Waals surface area contributed by atoms with Gasteiger partial charge in [-0.3, -0.25) is 0 Å². The molecule has 6 nitrogen and oxygen atoms in total. The minimum atomic E-state index is -1.17. The van der Waals surface area contributed by atoms with E-state index in [2.05, 4.69) is 0 Å². The third-order valence-electron chi connectivity index (χ3n) is 3.72. The zero-order chi connectivity index (χ0) is 14.6. The van der Waals surface area contributed by atoms with E-state index >= 15 is 0 Å². The molecule has 0 bridgehead atoms. The van der Waals surface area contributed by atoms with Crippen molar-refractivity contribution in [1.82, 2.24) is 4.90 Å². The maximum absolute atomic E-state index is 11.0. The van der Waals surface area contributed by atoms with Crippen molar-refractivity contribution >= 4 is 6.09 Å². The van der Waals surface area contributed by atoms with Gasteiger partial charge in [-0.15, -0.1) is 0 Å². The molecule has 0 radical (unpaired) electrons. The van der Waals surface area contributed by atoms with Crippen LogP contribution in [0.1, 0.15) is 12.0 Å². The Morgan fingerprint density at radius 1 is 1.45 bits per heavy atom. The number of hydrogen-bond acceptors (Lipinski definition) is 4. The summed E-state index contributed by atoms with van der Waals surface area (Å²) in [6.07, 6.45) is -1.33. The zero-order valence-corrected chi connectivity index (χ0v) is 11.2. The number of aliphatic hydroxyl groups is 1. The Labute approximate surface area is 117 Å².